The number of rotatable bonds is 6. The highest BCUT2D eigenvalue weighted by atomic mass is 16.5. The van der Waals surface area contributed by atoms with Crippen molar-refractivity contribution in [1.29, 1.82) is 0 Å². The first-order valence-corrected chi connectivity index (χ1v) is 8.53. The van der Waals surface area contributed by atoms with Crippen molar-refractivity contribution in [3.63, 3.8) is 0 Å². The van der Waals surface area contributed by atoms with E-state index in [4.69, 9.17) is 9.47 Å². The summed E-state index contributed by atoms with van der Waals surface area (Å²) in [5.74, 6) is 2.08. The zero-order valence-electron chi connectivity index (χ0n) is 15.0. The van der Waals surface area contributed by atoms with E-state index in [2.05, 4.69) is 55.5 Å². The van der Waals surface area contributed by atoms with Gasteiger partial charge in [0, 0.05) is 5.92 Å². The molecule has 0 aliphatic heterocycles. The third-order valence-electron chi connectivity index (χ3n) is 4.60. The Morgan fingerprint density at radius 3 is 1.56 bits per heavy atom. The third kappa shape index (κ3) is 4.21. The molecule has 128 valence electrons. The molecule has 0 bridgehead atoms. The summed E-state index contributed by atoms with van der Waals surface area (Å²) in [6.07, 6.45) is 0.944. The van der Waals surface area contributed by atoms with Gasteiger partial charge in [0.1, 0.15) is 11.5 Å². The van der Waals surface area contributed by atoms with E-state index in [0.29, 0.717) is 5.92 Å². The lowest BCUT2D eigenvalue weighted by atomic mass is 9.85. The molecule has 0 fully saturated rings. The minimum Gasteiger partial charge on any atom is -0.497 e. The van der Waals surface area contributed by atoms with Crippen LogP contribution in [0.3, 0.4) is 0 Å². The largest absolute Gasteiger partial charge is 0.497 e. The smallest absolute Gasteiger partial charge is 0.118 e. The highest BCUT2D eigenvalue weighted by molar-refractivity contribution is 5.39. The van der Waals surface area contributed by atoms with E-state index in [-0.39, 0.29) is 0 Å². The van der Waals surface area contributed by atoms with Crippen LogP contribution in [0, 0.1) is 6.92 Å². The minimum atomic E-state index is 0.305. The fraction of sp³-hybridized carbons (Fsp3) is 0.217. The summed E-state index contributed by atoms with van der Waals surface area (Å²) in [5, 5.41) is 0. The van der Waals surface area contributed by atoms with Crippen LogP contribution in [0.4, 0.5) is 0 Å². The van der Waals surface area contributed by atoms with Gasteiger partial charge in [0.15, 0.2) is 0 Å². The van der Waals surface area contributed by atoms with E-state index >= 15 is 0 Å². The van der Waals surface area contributed by atoms with Crippen molar-refractivity contribution in [2.24, 2.45) is 0 Å². The van der Waals surface area contributed by atoms with Gasteiger partial charge in [0.2, 0.25) is 0 Å². The molecule has 0 heterocycles. The summed E-state index contributed by atoms with van der Waals surface area (Å²) in [5.41, 5.74) is 5.19. The van der Waals surface area contributed by atoms with Crippen LogP contribution in [-0.2, 0) is 6.42 Å². The highest BCUT2D eigenvalue weighted by Crippen LogP contribution is 2.30. The van der Waals surface area contributed by atoms with Crippen LogP contribution in [0.2, 0.25) is 0 Å². The molecule has 0 aliphatic rings. The van der Waals surface area contributed by atoms with Crippen molar-refractivity contribution in [2.75, 3.05) is 14.2 Å². The van der Waals surface area contributed by atoms with Crippen LogP contribution in [0.5, 0.6) is 11.5 Å². The Balaban J connectivity index is 1.93. The summed E-state index contributed by atoms with van der Waals surface area (Å²) in [6.45, 7) is 2.12. The molecule has 0 saturated carbocycles. The predicted octanol–water partition coefficient (Wildman–Crippen LogP) is 5.39. The maximum atomic E-state index is 5.30. The molecule has 0 aliphatic carbocycles. The van der Waals surface area contributed by atoms with E-state index < -0.39 is 0 Å². The van der Waals surface area contributed by atoms with Gasteiger partial charge in [-0.2, -0.15) is 0 Å². The molecule has 3 aromatic rings. The topological polar surface area (TPSA) is 18.5 Å². The molecule has 0 spiro atoms. The first kappa shape index (κ1) is 17.1. The number of hydrogen-bond donors (Lipinski definition) is 0. The molecule has 0 aromatic heterocycles. The van der Waals surface area contributed by atoms with Gasteiger partial charge in [-0.1, -0.05) is 54.1 Å². The molecule has 2 nitrogen and oxygen atoms in total. The highest BCUT2D eigenvalue weighted by Gasteiger charge is 2.15. The normalized spacial score (nSPS) is 11.8. The fourth-order valence-corrected chi connectivity index (χ4v) is 3.06. The van der Waals surface area contributed by atoms with Crippen molar-refractivity contribution >= 4 is 0 Å². The molecule has 3 aromatic carbocycles. The number of hydrogen-bond acceptors (Lipinski definition) is 2. The molecule has 2 heteroatoms. The van der Waals surface area contributed by atoms with Gasteiger partial charge in [-0.15, -0.1) is 0 Å². The Bertz CT molecular complexity index is 787. The van der Waals surface area contributed by atoms with E-state index in [1.165, 1.54) is 22.3 Å². The molecular formula is C23H24O2. The lowest BCUT2D eigenvalue weighted by Gasteiger charge is -2.19. The monoisotopic (exact) mass is 332 g/mol. The summed E-state index contributed by atoms with van der Waals surface area (Å²) >= 11 is 0. The quantitative estimate of drug-likeness (QED) is 0.603. The van der Waals surface area contributed by atoms with E-state index in [9.17, 15) is 0 Å². The summed E-state index contributed by atoms with van der Waals surface area (Å²) < 4.78 is 10.6. The molecular weight excluding hydrogens is 308 g/mol. The minimum absolute atomic E-state index is 0.305. The molecule has 3 rings (SSSR count). The van der Waals surface area contributed by atoms with E-state index in [0.717, 1.165) is 17.9 Å². The van der Waals surface area contributed by atoms with Crippen LogP contribution >= 0.6 is 0 Å². The summed E-state index contributed by atoms with van der Waals surface area (Å²) in [4.78, 5) is 0. The van der Waals surface area contributed by atoms with E-state index in [1.807, 2.05) is 24.3 Å². The average molecular weight is 332 g/mol. The number of methoxy groups -OCH3 is 2. The summed E-state index contributed by atoms with van der Waals surface area (Å²) in [7, 11) is 3.39. The van der Waals surface area contributed by atoms with Gasteiger partial charge in [-0.25, -0.2) is 0 Å². The van der Waals surface area contributed by atoms with Crippen LogP contribution < -0.4 is 9.47 Å². The number of benzene rings is 3. The maximum Gasteiger partial charge on any atom is 0.118 e. The lowest BCUT2D eigenvalue weighted by molar-refractivity contribution is 0.414. The summed E-state index contributed by atoms with van der Waals surface area (Å²) in [6, 6.07) is 25.5. The molecule has 0 radical (unpaired) electrons. The molecule has 0 N–H and O–H groups in total. The van der Waals surface area contributed by atoms with E-state index in [1.54, 1.807) is 14.2 Å². The van der Waals surface area contributed by atoms with Crippen molar-refractivity contribution in [2.45, 2.75) is 19.3 Å². The van der Waals surface area contributed by atoms with Crippen molar-refractivity contribution in [3.8, 4) is 11.5 Å². The second-order valence-corrected chi connectivity index (χ2v) is 6.29. The Labute approximate surface area is 150 Å². The molecule has 1 unspecified atom stereocenters. The Morgan fingerprint density at radius 1 is 0.640 bits per heavy atom. The van der Waals surface area contributed by atoms with Crippen molar-refractivity contribution in [3.05, 3.63) is 95.1 Å². The lowest BCUT2D eigenvalue weighted by Crippen LogP contribution is -2.05. The van der Waals surface area contributed by atoms with Crippen molar-refractivity contribution < 1.29 is 9.47 Å². The van der Waals surface area contributed by atoms with Crippen LogP contribution in [0.15, 0.2) is 72.8 Å². The average Bonchev–Trinajstić information content (AvgIpc) is 2.67. The van der Waals surface area contributed by atoms with Gasteiger partial charge in [0.25, 0.3) is 0 Å². The maximum absolute atomic E-state index is 5.30. The van der Waals surface area contributed by atoms with Crippen molar-refractivity contribution in [1.82, 2.24) is 0 Å². The van der Waals surface area contributed by atoms with Crippen LogP contribution in [-0.4, -0.2) is 14.2 Å². The van der Waals surface area contributed by atoms with Crippen LogP contribution in [0.25, 0.3) is 0 Å². The Hall–Kier alpha value is -2.74. The fourth-order valence-electron chi connectivity index (χ4n) is 3.06. The van der Waals surface area contributed by atoms with Crippen LogP contribution in [0.1, 0.15) is 28.2 Å². The zero-order chi connectivity index (χ0) is 17.6. The molecule has 25 heavy (non-hydrogen) atoms. The first-order chi connectivity index (χ1) is 12.2. The predicted molar refractivity (Wildman–Crippen MR) is 103 cm³/mol. The Morgan fingerprint density at radius 2 is 1.08 bits per heavy atom. The molecule has 0 amide bonds. The number of ether oxygens (including phenoxy) is 2. The molecule has 0 saturated heterocycles. The SMILES string of the molecule is COc1ccc(CC(c2ccc(C)cc2)c2ccc(OC)cc2)cc1. The van der Waals surface area contributed by atoms with Gasteiger partial charge in [-0.3, -0.25) is 0 Å². The zero-order valence-corrected chi connectivity index (χ0v) is 15.0. The second-order valence-electron chi connectivity index (χ2n) is 6.29. The van der Waals surface area contributed by atoms with Gasteiger partial charge < -0.3 is 9.47 Å². The number of aryl methyl sites for hydroxylation is 1. The van der Waals surface area contributed by atoms with Gasteiger partial charge in [0.05, 0.1) is 14.2 Å². The van der Waals surface area contributed by atoms with Gasteiger partial charge in [-0.05, 0) is 54.3 Å². The second kappa shape index (κ2) is 7.89. The standard InChI is InChI=1S/C23H24O2/c1-17-4-8-19(9-5-17)23(20-10-14-22(25-3)15-11-20)16-18-6-12-21(24-2)13-7-18/h4-15,23H,16H2,1-3H3. The first-order valence-electron chi connectivity index (χ1n) is 8.53. The molecule has 1 atom stereocenters. The van der Waals surface area contributed by atoms with Gasteiger partial charge >= 0.3 is 0 Å². The third-order valence-corrected chi connectivity index (χ3v) is 4.60. The Kier molecular flexibility index (Phi) is 5.39.